The molecule has 1 aliphatic carbocycles. The first-order chi connectivity index (χ1) is 4.47. The van der Waals surface area contributed by atoms with Gasteiger partial charge in [-0.25, -0.2) is 0 Å². The molecule has 0 fully saturated rings. The number of hydrogen-bond donors (Lipinski definition) is 0. The fourth-order valence-electron chi connectivity index (χ4n) is 0.865. The highest BCUT2D eigenvalue weighted by molar-refractivity contribution is 7.13. The minimum atomic E-state index is 1.29. The summed E-state index contributed by atoms with van der Waals surface area (Å²) in [6, 6.07) is 11.3. The molecule has 0 spiro atoms. The summed E-state index contributed by atoms with van der Waals surface area (Å²) in [5.41, 5.74) is 1.29. The largest absolute Gasteiger partial charge is 0.143 e. The molecule has 0 saturated carbocycles. The van der Waals surface area contributed by atoms with Crippen molar-refractivity contribution in [2.75, 3.05) is 0 Å². The molecular weight excluding hydrogens is 128 g/mol. The van der Waals surface area contributed by atoms with Gasteiger partial charge in [-0.15, -0.1) is 11.3 Å². The molecule has 0 nitrogen and oxygen atoms in total. The highest BCUT2D eigenvalue weighted by Crippen LogP contribution is 2.25. The van der Waals surface area contributed by atoms with Gasteiger partial charge in [-0.2, -0.15) is 0 Å². The van der Waals surface area contributed by atoms with E-state index in [2.05, 4.69) is 24.3 Å². The molecule has 2 rings (SSSR count). The van der Waals surface area contributed by atoms with Crippen molar-refractivity contribution in [3.63, 3.8) is 0 Å². The average Bonchev–Trinajstić information content (AvgIpc) is 2.33. The quantitative estimate of drug-likeness (QED) is 0.518. The van der Waals surface area contributed by atoms with Crippen molar-refractivity contribution in [1.29, 1.82) is 0 Å². The van der Waals surface area contributed by atoms with Gasteiger partial charge in [-0.05, 0) is 29.1 Å². The van der Waals surface area contributed by atoms with E-state index in [9.17, 15) is 0 Å². The van der Waals surface area contributed by atoms with Gasteiger partial charge >= 0.3 is 0 Å². The normalized spacial score (nSPS) is 10.2. The lowest BCUT2D eigenvalue weighted by atomic mass is 10.3. The zero-order valence-electron chi connectivity index (χ0n) is 4.79. The van der Waals surface area contributed by atoms with Crippen LogP contribution in [0.15, 0.2) is 29.6 Å². The van der Waals surface area contributed by atoms with Gasteiger partial charge in [0.2, 0.25) is 0 Å². The number of rotatable bonds is 0. The van der Waals surface area contributed by atoms with Crippen LogP contribution < -0.4 is 0 Å². The molecule has 9 heavy (non-hydrogen) atoms. The Kier molecular flexibility index (Phi) is 1.03. The van der Waals surface area contributed by atoms with Crippen molar-refractivity contribution < 1.29 is 0 Å². The van der Waals surface area contributed by atoms with Crippen LogP contribution in [-0.2, 0) is 0 Å². The summed E-state index contributed by atoms with van der Waals surface area (Å²) in [6.07, 6.45) is 0. The Morgan fingerprint density at radius 3 is 3.22 bits per heavy atom. The summed E-state index contributed by atoms with van der Waals surface area (Å²) in [5.74, 6) is 0. The van der Waals surface area contributed by atoms with E-state index in [1.54, 1.807) is 11.3 Å². The van der Waals surface area contributed by atoms with Crippen LogP contribution in [0.1, 0.15) is 0 Å². The number of fused-ring (bicyclic) bond motifs is 1. The molecule has 0 aromatic rings. The first kappa shape index (κ1) is 5.00. The van der Waals surface area contributed by atoms with E-state index in [1.165, 1.54) is 10.4 Å². The van der Waals surface area contributed by atoms with Gasteiger partial charge < -0.3 is 0 Å². The van der Waals surface area contributed by atoms with E-state index in [1.807, 2.05) is 11.4 Å². The summed E-state index contributed by atoms with van der Waals surface area (Å²) >= 11 is 1.73. The van der Waals surface area contributed by atoms with E-state index < -0.39 is 0 Å². The average molecular weight is 133 g/mol. The summed E-state index contributed by atoms with van der Waals surface area (Å²) in [5, 5.41) is 1.97. The fraction of sp³-hybridized carbons (Fsp3) is 0. The first-order valence-electron chi connectivity index (χ1n) is 2.80. The third-order valence-electron chi connectivity index (χ3n) is 1.30. The van der Waals surface area contributed by atoms with E-state index in [0.29, 0.717) is 0 Å². The van der Waals surface area contributed by atoms with Crippen molar-refractivity contribution in [2.24, 2.45) is 0 Å². The smallest absolute Gasteiger partial charge is 0.0342 e. The monoisotopic (exact) mass is 133 g/mol. The minimum Gasteiger partial charge on any atom is -0.143 e. The molecule has 1 aliphatic heterocycles. The molecular formula is C8H5S. The molecule has 0 saturated heterocycles. The second-order valence-corrected chi connectivity index (χ2v) is 2.80. The van der Waals surface area contributed by atoms with E-state index in [4.69, 9.17) is 0 Å². The third kappa shape index (κ3) is 0.736. The lowest BCUT2D eigenvalue weighted by molar-refractivity contribution is 1.83. The standard InChI is InChI=1S/C8H5S/c1-3-7-4-2-6-9-8(7)5-1/h1,3-6H. The zero-order chi connectivity index (χ0) is 6.10. The summed E-state index contributed by atoms with van der Waals surface area (Å²) in [6.45, 7) is 0. The third-order valence-corrected chi connectivity index (χ3v) is 2.18. The van der Waals surface area contributed by atoms with Crippen molar-refractivity contribution in [1.82, 2.24) is 0 Å². The summed E-state index contributed by atoms with van der Waals surface area (Å²) < 4.78 is 0. The lowest BCUT2D eigenvalue weighted by Gasteiger charge is -1.90. The van der Waals surface area contributed by atoms with Gasteiger partial charge in [0, 0.05) is 4.88 Å². The van der Waals surface area contributed by atoms with Crippen LogP contribution in [0.3, 0.4) is 0 Å². The summed E-state index contributed by atoms with van der Waals surface area (Å²) in [7, 11) is 0. The maximum atomic E-state index is 3.04. The van der Waals surface area contributed by atoms with Gasteiger partial charge in [-0.1, -0.05) is 12.1 Å². The first-order valence-corrected chi connectivity index (χ1v) is 3.68. The Labute approximate surface area is 58.1 Å². The Morgan fingerprint density at radius 2 is 2.33 bits per heavy atom. The van der Waals surface area contributed by atoms with Gasteiger partial charge in [0.25, 0.3) is 0 Å². The Hall–Kier alpha value is -0.820. The van der Waals surface area contributed by atoms with Crippen LogP contribution in [0, 0.1) is 6.07 Å². The molecule has 1 radical (unpaired) electrons. The highest BCUT2D eigenvalue weighted by Gasteiger charge is 1.96. The molecule has 0 atom stereocenters. The van der Waals surface area contributed by atoms with E-state index in [-0.39, 0.29) is 0 Å². The van der Waals surface area contributed by atoms with Gasteiger partial charge in [-0.3, -0.25) is 0 Å². The fourth-order valence-corrected chi connectivity index (χ4v) is 1.55. The molecule has 0 aromatic heterocycles. The Morgan fingerprint density at radius 1 is 1.33 bits per heavy atom. The lowest BCUT2D eigenvalue weighted by Crippen LogP contribution is -1.63. The SMILES string of the molecule is [c]1csc2cccc-2c1. The number of hydrogen-bond acceptors (Lipinski definition) is 1. The molecule has 0 unspecified atom stereocenters. The Balaban J connectivity index is 2.79. The molecule has 43 valence electrons. The predicted molar refractivity (Wildman–Crippen MR) is 39.8 cm³/mol. The maximum absolute atomic E-state index is 3.04. The molecule has 0 bridgehead atoms. The molecule has 1 heterocycles. The van der Waals surface area contributed by atoms with Crippen molar-refractivity contribution >= 4 is 11.3 Å². The van der Waals surface area contributed by atoms with Gasteiger partial charge in [0.15, 0.2) is 0 Å². The predicted octanol–water partition coefficient (Wildman–Crippen LogP) is 2.65. The molecule has 0 N–H and O–H groups in total. The van der Waals surface area contributed by atoms with Crippen molar-refractivity contribution in [3.05, 3.63) is 35.7 Å². The molecule has 0 aromatic carbocycles. The van der Waals surface area contributed by atoms with Gasteiger partial charge in [0.05, 0.1) is 0 Å². The van der Waals surface area contributed by atoms with E-state index in [0.717, 1.165) is 0 Å². The van der Waals surface area contributed by atoms with Crippen molar-refractivity contribution in [2.45, 2.75) is 0 Å². The van der Waals surface area contributed by atoms with Crippen molar-refractivity contribution in [3.8, 4) is 10.4 Å². The maximum Gasteiger partial charge on any atom is 0.0342 e. The summed E-state index contributed by atoms with van der Waals surface area (Å²) in [4.78, 5) is 1.34. The molecule has 2 aliphatic rings. The zero-order valence-corrected chi connectivity index (χ0v) is 5.61. The van der Waals surface area contributed by atoms with Crippen LogP contribution in [0.2, 0.25) is 0 Å². The second-order valence-electron chi connectivity index (χ2n) is 1.89. The van der Waals surface area contributed by atoms with Gasteiger partial charge in [0.1, 0.15) is 0 Å². The van der Waals surface area contributed by atoms with Crippen LogP contribution in [0.25, 0.3) is 10.4 Å². The van der Waals surface area contributed by atoms with E-state index >= 15 is 0 Å². The Bertz CT molecular complexity index is 245. The van der Waals surface area contributed by atoms with Crippen LogP contribution in [0.5, 0.6) is 0 Å². The van der Waals surface area contributed by atoms with Crippen LogP contribution >= 0.6 is 11.3 Å². The van der Waals surface area contributed by atoms with Crippen LogP contribution in [0.4, 0.5) is 0 Å². The molecule has 1 heteroatoms. The minimum absolute atomic E-state index is 1.29. The van der Waals surface area contributed by atoms with Crippen LogP contribution in [-0.4, -0.2) is 0 Å². The second kappa shape index (κ2) is 1.85. The topological polar surface area (TPSA) is 0 Å². The highest BCUT2D eigenvalue weighted by atomic mass is 32.1. The molecule has 0 amide bonds.